The zero-order chi connectivity index (χ0) is 16.6. The molecule has 0 fully saturated rings. The largest absolute Gasteiger partial charge is 0.295 e. The van der Waals surface area contributed by atoms with Crippen molar-refractivity contribution in [2.24, 2.45) is 0 Å². The summed E-state index contributed by atoms with van der Waals surface area (Å²) >= 11 is 3.50. The first-order valence-electron chi connectivity index (χ1n) is 8.34. The second-order valence-electron chi connectivity index (χ2n) is 6.06. The molecule has 0 unspecified atom stereocenters. The van der Waals surface area contributed by atoms with E-state index in [1.807, 2.05) is 0 Å². The molecule has 0 atom stereocenters. The van der Waals surface area contributed by atoms with Gasteiger partial charge < -0.3 is 0 Å². The van der Waals surface area contributed by atoms with E-state index in [9.17, 15) is 0 Å². The Morgan fingerprint density at radius 3 is 1.58 bits per heavy atom. The number of rotatable bonds is 7. The van der Waals surface area contributed by atoms with Gasteiger partial charge in [-0.05, 0) is 35.2 Å². The summed E-state index contributed by atoms with van der Waals surface area (Å²) in [5.41, 5.74) is 4.11. The molecule has 3 rings (SSSR count). The molecule has 122 valence electrons. The fourth-order valence-corrected chi connectivity index (χ4v) is 3.10. The Hall–Kier alpha value is -1.90. The fourth-order valence-electron chi connectivity index (χ4n) is 2.84. The minimum Gasteiger partial charge on any atom is -0.295 e. The third-order valence-corrected chi connectivity index (χ3v) is 4.66. The molecular formula is C22H22BrN. The average molecular weight is 380 g/mol. The molecule has 0 amide bonds. The molecule has 3 aromatic carbocycles. The summed E-state index contributed by atoms with van der Waals surface area (Å²) in [6.07, 6.45) is 1.06. The van der Waals surface area contributed by atoms with Crippen molar-refractivity contribution in [3.05, 3.63) is 106 Å². The maximum absolute atomic E-state index is 3.50. The molecule has 0 heterocycles. The molecule has 3 aromatic rings. The van der Waals surface area contributed by atoms with Gasteiger partial charge in [-0.2, -0.15) is 0 Å². The van der Waals surface area contributed by atoms with Crippen LogP contribution in [0.4, 0.5) is 0 Å². The van der Waals surface area contributed by atoms with Crippen LogP contribution in [0.3, 0.4) is 0 Å². The minimum atomic E-state index is 0.978. The second kappa shape index (κ2) is 8.81. The van der Waals surface area contributed by atoms with Gasteiger partial charge in [-0.1, -0.05) is 88.7 Å². The van der Waals surface area contributed by atoms with Crippen LogP contribution in [0.5, 0.6) is 0 Å². The SMILES string of the molecule is Brc1ccc(CCN(Cc2ccccc2)Cc2ccccc2)cc1. The van der Waals surface area contributed by atoms with Crippen LogP contribution in [0.1, 0.15) is 16.7 Å². The third kappa shape index (κ3) is 5.33. The van der Waals surface area contributed by atoms with Crippen molar-refractivity contribution in [3.8, 4) is 0 Å². The highest BCUT2D eigenvalue weighted by atomic mass is 79.9. The Morgan fingerprint density at radius 1 is 0.583 bits per heavy atom. The first-order chi connectivity index (χ1) is 11.8. The van der Waals surface area contributed by atoms with Gasteiger partial charge in [0, 0.05) is 24.1 Å². The van der Waals surface area contributed by atoms with Crippen molar-refractivity contribution in [2.75, 3.05) is 6.54 Å². The van der Waals surface area contributed by atoms with Gasteiger partial charge in [0.05, 0.1) is 0 Å². The summed E-state index contributed by atoms with van der Waals surface area (Å²) in [5.74, 6) is 0. The van der Waals surface area contributed by atoms with Gasteiger partial charge in [0.2, 0.25) is 0 Å². The highest BCUT2D eigenvalue weighted by Gasteiger charge is 2.07. The zero-order valence-electron chi connectivity index (χ0n) is 13.7. The molecule has 0 aliphatic heterocycles. The lowest BCUT2D eigenvalue weighted by molar-refractivity contribution is 0.260. The molecule has 0 aromatic heterocycles. The van der Waals surface area contributed by atoms with Crippen LogP contribution < -0.4 is 0 Å². The molecule has 0 saturated heterocycles. The van der Waals surface area contributed by atoms with Gasteiger partial charge in [-0.25, -0.2) is 0 Å². The van der Waals surface area contributed by atoms with E-state index in [4.69, 9.17) is 0 Å². The van der Waals surface area contributed by atoms with E-state index in [2.05, 4.69) is 106 Å². The summed E-state index contributed by atoms with van der Waals surface area (Å²) in [6, 6.07) is 30.1. The zero-order valence-corrected chi connectivity index (χ0v) is 15.3. The number of benzene rings is 3. The molecule has 0 radical (unpaired) electrons. The Balaban J connectivity index is 1.67. The summed E-state index contributed by atoms with van der Waals surface area (Å²) in [4.78, 5) is 2.52. The summed E-state index contributed by atoms with van der Waals surface area (Å²) in [5, 5.41) is 0. The van der Waals surface area contributed by atoms with Crippen molar-refractivity contribution in [3.63, 3.8) is 0 Å². The predicted molar refractivity (Wildman–Crippen MR) is 105 cm³/mol. The van der Waals surface area contributed by atoms with E-state index in [1.54, 1.807) is 0 Å². The Kier molecular flexibility index (Phi) is 6.22. The lowest BCUT2D eigenvalue weighted by Crippen LogP contribution is -2.25. The van der Waals surface area contributed by atoms with Gasteiger partial charge in [0.1, 0.15) is 0 Å². The number of nitrogens with zero attached hydrogens (tertiary/aromatic N) is 1. The molecule has 0 saturated carbocycles. The molecule has 1 nitrogen and oxygen atoms in total. The Morgan fingerprint density at radius 2 is 1.08 bits per heavy atom. The fraction of sp³-hybridized carbons (Fsp3) is 0.182. The quantitative estimate of drug-likeness (QED) is 0.509. The number of hydrogen-bond acceptors (Lipinski definition) is 1. The maximum Gasteiger partial charge on any atom is 0.0237 e. The van der Waals surface area contributed by atoms with E-state index in [0.717, 1.165) is 30.5 Å². The monoisotopic (exact) mass is 379 g/mol. The molecule has 0 bridgehead atoms. The molecule has 0 aliphatic rings. The molecule has 24 heavy (non-hydrogen) atoms. The first kappa shape index (κ1) is 16.9. The minimum absolute atomic E-state index is 0.978. The second-order valence-corrected chi connectivity index (χ2v) is 6.97. The van der Waals surface area contributed by atoms with E-state index in [1.165, 1.54) is 16.7 Å². The van der Waals surface area contributed by atoms with Crippen molar-refractivity contribution in [1.82, 2.24) is 4.90 Å². The van der Waals surface area contributed by atoms with Gasteiger partial charge in [0.25, 0.3) is 0 Å². The topological polar surface area (TPSA) is 3.24 Å². The molecule has 2 heteroatoms. The highest BCUT2D eigenvalue weighted by Crippen LogP contribution is 2.14. The van der Waals surface area contributed by atoms with Crippen LogP contribution >= 0.6 is 15.9 Å². The smallest absolute Gasteiger partial charge is 0.0237 e. The Bertz CT molecular complexity index is 681. The van der Waals surface area contributed by atoms with Crippen molar-refractivity contribution < 1.29 is 0 Å². The third-order valence-electron chi connectivity index (χ3n) is 4.13. The number of halogens is 1. The summed E-state index contributed by atoms with van der Waals surface area (Å²) in [7, 11) is 0. The van der Waals surface area contributed by atoms with Gasteiger partial charge >= 0.3 is 0 Å². The van der Waals surface area contributed by atoms with Gasteiger partial charge in [-0.15, -0.1) is 0 Å². The number of hydrogen-bond donors (Lipinski definition) is 0. The molecule has 0 N–H and O–H groups in total. The average Bonchev–Trinajstić information content (AvgIpc) is 2.63. The molecular weight excluding hydrogens is 358 g/mol. The van der Waals surface area contributed by atoms with Gasteiger partial charge in [-0.3, -0.25) is 4.90 Å². The molecule has 0 spiro atoms. The highest BCUT2D eigenvalue weighted by molar-refractivity contribution is 9.10. The Labute approximate surface area is 153 Å². The summed E-state index contributed by atoms with van der Waals surface area (Å²) < 4.78 is 1.14. The van der Waals surface area contributed by atoms with E-state index >= 15 is 0 Å². The standard InChI is InChI=1S/C22H22BrN/c23-22-13-11-19(12-14-22)15-16-24(17-20-7-3-1-4-8-20)18-21-9-5-2-6-10-21/h1-14H,15-18H2. The summed E-state index contributed by atoms with van der Waals surface area (Å²) in [6.45, 7) is 3.00. The van der Waals surface area contributed by atoms with Crippen LogP contribution in [0.2, 0.25) is 0 Å². The van der Waals surface area contributed by atoms with E-state index < -0.39 is 0 Å². The lowest BCUT2D eigenvalue weighted by atomic mass is 10.1. The van der Waals surface area contributed by atoms with Crippen molar-refractivity contribution in [2.45, 2.75) is 19.5 Å². The normalized spacial score (nSPS) is 10.9. The lowest BCUT2D eigenvalue weighted by Gasteiger charge is -2.23. The van der Waals surface area contributed by atoms with Crippen LogP contribution in [0, 0.1) is 0 Å². The van der Waals surface area contributed by atoms with Crippen molar-refractivity contribution >= 4 is 15.9 Å². The van der Waals surface area contributed by atoms with E-state index in [0.29, 0.717) is 0 Å². The van der Waals surface area contributed by atoms with Gasteiger partial charge in [0.15, 0.2) is 0 Å². The van der Waals surface area contributed by atoms with Crippen LogP contribution in [0.25, 0.3) is 0 Å². The predicted octanol–water partition coefficient (Wildman–Crippen LogP) is 5.69. The van der Waals surface area contributed by atoms with Crippen LogP contribution in [-0.2, 0) is 19.5 Å². The van der Waals surface area contributed by atoms with E-state index in [-0.39, 0.29) is 0 Å². The maximum atomic E-state index is 3.50. The van der Waals surface area contributed by atoms with Crippen LogP contribution in [0.15, 0.2) is 89.4 Å². The molecule has 0 aliphatic carbocycles. The van der Waals surface area contributed by atoms with Crippen molar-refractivity contribution in [1.29, 1.82) is 0 Å². The van der Waals surface area contributed by atoms with Crippen LogP contribution in [-0.4, -0.2) is 11.4 Å². The first-order valence-corrected chi connectivity index (χ1v) is 9.13.